The Morgan fingerprint density at radius 3 is 2.50 bits per heavy atom. The van der Waals surface area contributed by atoms with Gasteiger partial charge in [-0.15, -0.1) is 0 Å². The summed E-state index contributed by atoms with van der Waals surface area (Å²) in [4.78, 5) is 30.0. The molecular weight excluding hydrogens is 282 g/mol. The van der Waals surface area contributed by atoms with Crippen molar-refractivity contribution in [1.29, 1.82) is 0 Å². The third kappa shape index (κ3) is 3.96. The third-order valence-electron chi connectivity index (χ3n) is 3.74. The van der Waals surface area contributed by atoms with Gasteiger partial charge in [0.05, 0.1) is 11.7 Å². The van der Waals surface area contributed by atoms with Crippen LogP contribution in [0.4, 0.5) is 0 Å². The number of aromatic nitrogens is 1. The van der Waals surface area contributed by atoms with Gasteiger partial charge in [-0.05, 0) is 32.8 Å². The number of nitrogens with one attached hydrogen (secondary N) is 1. The van der Waals surface area contributed by atoms with Gasteiger partial charge in [-0.25, -0.2) is 4.98 Å². The number of pyridine rings is 1. The Hall–Kier alpha value is -2.11. The number of ether oxygens (including phenoxy) is 1. The summed E-state index contributed by atoms with van der Waals surface area (Å²) in [5.41, 5.74) is 0.550. The number of nitrogens with zero attached hydrogens (tertiary/aromatic N) is 2. The average molecular weight is 305 g/mol. The van der Waals surface area contributed by atoms with Crippen LogP contribution in [0.15, 0.2) is 18.3 Å². The molecule has 0 aromatic carbocycles. The van der Waals surface area contributed by atoms with E-state index < -0.39 is 0 Å². The zero-order valence-corrected chi connectivity index (χ0v) is 13.3. The smallest absolute Gasteiger partial charge is 0.255 e. The summed E-state index contributed by atoms with van der Waals surface area (Å²) in [6.45, 7) is 5.05. The molecule has 1 aliphatic rings. The summed E-state index contributed by atoms with van der Waals surface area (Å²) < 4.78 is 5.47. The monoisotopic (exact) mass is 305 g/mol. The zero-order chi connectivity index (χ0) is 16.1. The predicted molar refractivity (Wildman–Crippen MR) is 82.7 cm³/mol. The lowest BCUT2D eigenvalue weighted by Gasteiger charge is -2.31. The van der Waals surface area contributed by atoms with Crippen LogP contribution in [0.3, 0.4) is 0 Å². The predicted octanol–water partition coefficient (Wildman–Crippen LogP) is 1.47. The first-order valence-corrected chi connectivity index (χ1v) is 7.65. The van der Waals surface area contributed by atoms with Gasteiger partial charge in [-0.1, -0.05) is 0 Å². The van der Waals surface area contributed by atoms with Gasteiger partial charge in [0, 0.05) is 38.3 Å². The van der Waals surface area contributed by atoms with Crippen LogP contribution in [-0.4, -0.2) is 47.9 Å². The molecule has 1 fully saturated rings. The van der Waals surface area contributed by atoms with Crippen LogP contribution in [0.5, 0.6) is 5.88 Å². The van der Waals surface area contributed by atoms with E-state index in [1.54, 1.807) is 30.3 Å². The van der Waals surface area contributed by atoms with Crippen molar-refractivity contribution in [2.75, 3.05) is 20.1 Å². The summed E-state index contributed by atoms with van der Waals surface area (Å²) in [6, 6.07) is 3.45. The minimum atomic E-state index is -0.0426. The number of rotatable bonds is 4. The molecule has 0 spiro atoms. The number of carbonyl (C=O) groups excluding carboxylic acids is 2. The second kappa shape index (κ2) is 7.24. The maximum Gasteiger partial charge on any atom is 0.255 e. The van der Waals surface area contributed by atoms with E-state index in [1.807, 2.05) is 13.8 Å². The quantitative estimate of drug-likeness (QED) is 0.914. The molecular formula is C16H23N3O3. The van der Waals surface area contributed by atoms with E-state index in [0.29, 0.717) is 37.4 Å². The van der Waals surface area contributed by atoms with Crippen molar-refractivity contribution in [3.05, 3.63) is 23.9 Å². The van der Waals surface area contributed by atoms with Gasteiger partial charge in [0.2, 0.25) is 11.8 Å². The Kier molecular flexibility index (Phi) is 5.35. The van der Waals surface area contributed by atoms with Crippen molar-refractivity contribution >= 4 is 11.8 Å². The molecule has 0 saturated carbocycles. The number of carbonyl (C=O) groups is 2. The van der Waals surface area contributed by atoms with Crippen LogP contribution in [0, 0.1) is 5.92 Å². The minimum absolute atomic E-state index is 0.00833. The summed E-state index contributed by atoms with van der Waals surface area (Å²) in [6.07, 6.45) is 3.00. The first-order chi connectivity index (χ1) is 10.5. The average Bonchev–Trinajstić information content (AvgIpc) is 2.54. The number of hydrogen-bond acceptors (Lipinski definition) is 4. The number of hydrogen-bond donors (Lipinski definition) is 1. The molecule has 22 heavy (non-hydrogen) atoms. The minimum Gasteiger partial charge on any atom is -0.475 e. The highest BCUT2D eigenvalue weighted by Crippen LogP contribution is 2.19. The maximum atomic E-state index is 12.4. The fourth-order valence-electron chi connectivity index (χ4n) is 2.55. The van der Waals surface area contributed by atoms with Crippen LogP contribution in [0.1, 0.15) is 37.0 Å². The first kappa shape index (κ1) is 16.3. The summed E-state index contributed by atoms with van der Waals surface area (Å²) >= 11 is 0. The first-order valence-electron chi connectivity index (χ1n) is 7.65. The van der Waals surface area contributed by atoms with Crippen LogP contribution in [0.25, 0.3) is 0 Å². The van der Waals surface area contributed by atoms with Crippen molar-refractivity contribution in [2.24, 2.45) is 5.92 Å². The normalized spacial score (nSPS) is 15.7. The molecule has 120 valence electrons. The van der Waals surface area contributed by atoms with E-state index in [0.717, 1.165) is 0 Å². The number of amides is 2. The Bertz CT molecular complexity index is 520. The van der Waals surface area contributed by atoms with Crippen molar-refractivity contribution in [3.8, 4) is 5.88 Å². The lowest BCUT2D eigenvalue weighted by atomic mass is 9.95. The Morgan fingerprint density at radius 1 is 1.32 bits per heavy atom. The van der Waals surface area contributed by atoms with Crippen LogP contribution in [0.2, 0.25) is 0 Å². The van der Waals surface area contributed by atoms with E-state index in [1.165, 1.54) is 0 Å². The van der Waals surface area contributed by atoms with Crippen LogP contribution >= 0.6 is 0 Å². The standard InChI is InChI=1S/C16H23N3O3/c1-11(2)22-14-5-4-13(10-18-14)16(21)19-8-6-12(7-9-19)15(20)17-3/h4-5,10-12H,6-9H2,1-3H3,(H,17,20). The summed E-state index contributed by atoms with van der Waals surface area (Å²) in [7, 11) is 1.65. The van der Waals surface area contributed by atoms with E-state index in [4.69, 9.17) is 4.74 Å². The van der Waals surface area contributed by atoms with Gasteiger partial charge < -0.3 is 15.0 Å². The molecule has 0 atom stereocenters. The van der Waals surface area contributed by atoms with Crippen molar-refractivity contribution < 1.29 is 14.3 Å². The lowest BCUT2D eigenvalue weighted by Crippen LogP contribution is -2.42. The molecule has 1 aromatic rings. The van der Waals surface area contributed by atoms with E-state index in [2.05, 4.69) is 10.3 Å². The Balaban J connectivity index is 1.93. The highest BCUT2D eigenvalue weighted by molar-refractivity contribution is 5.94. The highest BCUT2D eigenvalue weighted by atomic mass is 16.5. The fraction of sp³-hybridized carbons (Fsp3) is 0.562. The lowest BCUT2D eigenvalue weighted by molar-refractivity contribution is -0.125. The molecule has 0 radical (unpaired) electrons. The topological polar surface area (TPSA) is 71.5 Å². The van der Waals surface area contributed by atoms with Gasteiger partial charge >= 0.3 is 0 Å². The fourth-order valence-corrected chi connectivity index (χ4v) is 2.55. The molecule has 1 aliphatic heterocycles. The second-order valence-electron chi connectivity index (χ2n) is 5.73. The van der Waals surface area contributed by atoms with E-state index >= 15 is 0 Å². The van der Waals surface area contributed by atoms with Gasteiger partial charge in [0.15, 0.2) is 0 Å². The van der Waals surface area contributed by atoms with Gasteiger partial charge in [-0.2, -0.15) is 0 Å². The van der Waals surface area contributed by atoms with Crippen LogP contribution < -0.4 is 10.1 Å². The van der Waals surface area contributed by atoms with Crippen molar-refractivity contribution in [3.63, 3.8) is 0 Å². The Labute approximate surface area is 130 Å². The summed E-state index contributed by atoms with van der Waals surface area (Å²) in [5.74, 6) is 0.543. The maximum absolute atomic E-state index is 12.4. The highest BCUT2D eigenvalue weighted by Gasteiger charge is 2.27. The van der Waals surface area contributed by atoms with Gasteiger partial charge in [-0.3, -0.25) is 9.59 Å². The molecule has 0 unspecified atom stereocenters. The number of piperidine rings is 1. The van der Waals surface area contributed by atoms with Gasteiger partial charge in [0.1, 0.15) is 0 Å². The molecule has 2 rings (SSSR count). The molecule has 6 nitrogen and oxygen atoms in total. The molecule has 6 heteroatoms. The molecule has 2 heterocycles. The molecule has 0 aliphatic carbocycles. The molecule has 1 saturated heterocycles. The SMILES string of the molecule is CNC(=O)C1CCN(C(=O)c2ccc(OC(C)C)nc2)CC1. The second-order valence-corrected chi connectivity index (χ2v) is 5.73. The third-order valence-corrected chi connectivity index (χ3v) is 3.74. The molecule has 1 N–H and O–H groups in total. The van der Waals surface area contributed by atoms with Crippen LogP contribution in [-0.2, 0) is 4.79 Å². The van der Waals surface area contributed by atoms with Crippen molar-refractivity contribution in [1.82, 2.24) is 15.2 Å². The largest absolute Gasteiger partial charge is 0.475 e. The molecule has 2 amide bonds. The Morgan fingerprint density at radius 2 is 2.00 bits per heavy atom. The van der Waals surface area contributed by atoms with E-state index in [9.17, 15) is 9.59 Å². The molecule has 1 aromatic heterocycles. The molecule has 0 bridgehead atoms. The number of likely N-dealkylation sites (tertiary alicyclic amines) is 1. The van der Waals surface area contributed by atoms with Crippen molar-refractivity contribution in [2.45, 2.75) is 32.8 Å². The zero-order valence-electron chi connectivity index (χ0n) is 13.3. The van der Waals surface area contributed by atoms with E-state index in [-0.39, 0.29) is 23.8 Å². The summed E-state index contributed by atoms with van der Waals surface area (Å²) in [5, 5.41) is 2.67. The van der Waals surface area contributed by atoms with Gasteiger partial charge in [0.25, 0.3) is 5.91 Å².